The molecule has 0 aliphatic carbocycles. The molecule has 0 bridgehead atoms. The Morgan fingerprint density at radius 1 is 1.21 bits per heavy atom. The van der Waals surface area contributed by atoms with Gasteiger partial charge in [0, 0.05) is 31.0 Å². The number of rotatable bonds is 4. The number of benzene rings is 1. The number of carbonyl (C=O) groups excluding carboxylic acids is 1. The van der Waals surface area contributed by atoms with Gasteiger partial charge in [0.25, 0.3) is 5.91 Å². The van der Waals surface area contributed by atoms with Crippen molar-refractivity contribution in [3.05, 3.63) is 88.4 Å². The number of hydrogen-bond donors (Lipinski definition) is 1. The molecule has 2 aliphatic heterocycles. The maximum absolute atomic E-state index is 12.9. The standard InChI is InChI=1S/C26H25N5O2/c1-26(16-27)17-33-15-20-6-5-18(11-23(20)26)25(32)30-13-22-10-21-14-31(9-7-19(21)12-29-22)24-4-2-3-8-28-24/h2-6,8,10-12H,7,9,13-15,17H2,1H3,(H,30,32)/t26-/m1/s1. The fourth-order valence-corrected chi connectivity index (χ4v) is 4.49. The smallest absolute Gasteiger partial charge is 0.251 e. The predicted octanol–water partition coefficient (Wildman–Crippen LogP) is 3.28. The van der Waals surface area contributed by atoms with E-state index in [9.17, 15) is 10.1 Å². The Labute approximate surface area is 193 Å². The third-order valence-corrected chi connectivity index (χ3v) is 6.42. The van der Waals surface area contributed by atoms with Crippen molar-refractivity contribution in [3.8, 4) is 6.07 Å². The molecule has 1 atom stereocenters. The summed E-state index contributed by atoms with van der Waals surface area (Å²) in [6.45, 7) is 4.66. The first-order chi connectivity index (χ1) is 16.1. The van der Waals surface area contributed by atoms with Gasteiger partial charge >= 0.3 is 0 Å². The van der Waals surface area contributed by atoms with Crippen molar-refractivity contribution in [3.63, 3.8) is 0 Å². The number of pyridine rings is 2. The van der Waals surface area contributed by atoms with E-state index in [1.165, 1.54) is 11.1 Å². The number of fused-ring (bicyclic) bond motifs is 2. The van der Waals surface area contributed by atoms with Crippen LogP contribution in [-0.2, 0) is 36.3 Å². The molecule has 0 radical (unpaired) electrons. The normalized spacial score (nSPS) is 19.2. The molecule has 0 saturated carbocycles. The quantitative estimate of drug-likeness (QED) is 0.671. The van der Waals surface area contributed by atoms with Crippen molar-refractivity contribution in [2.75, 3.05) is 18.1 Å². The topological polar surface area (TPSA) is 91.1 Å². The number of nitrogens with one attached hydrogen (secondary N) is 1. The summed E-state index contributed by atoms with van der Waals surface area (Å²) in [4.78, 5) is 24.1. The van der Waals surface area contributed by atoms with E-state index in [-0.39, 0.29) is 5.91 Å². The lowest BCUT2D eigenvalue weighted by molar-refractivity contribution is 0.0757. The minimum absolute atomic E-state index is 0.181. The molecule has 166 valence electrons. The Morgan fingerprint density at radius 2 is 2.12 bits per heavy atom. The lowest BCUT2D eigenvalue weighted by Crippen LogP contribution is -2.33. The highest BCUT2D eigenvalue weighted by atomic mass is 16.5. The number of carbonyl (C=O) groups is 1. The van der Waals surface area contributed by atoms with Crippen LogP contribution in [0.3, 0.4) is 0 Å². The van der Waals surface area contributed by atoms with Crippen molar-refractivity contribution < 1.29 is 9.53 Å². The molecular weight excluding hydrogens is 414 g/mol. The van der Waals surface area contributed by atoms with Crippen molar-refractivity contribution >= 4 is 11.7 Å². The summed E-state index contributed by atoms with van der Waals surface area (Å²) in [5.41, 5.74) is 4.88. The molecule has 0 fully saturated rings. The van der Waals surface area contributed by atoms with Crippen LogP contribution >= 0.6 is 0 Å². The van der Waals surface area contributed by atoms with E-state index in [0.717, 1.165) is 42.1 Å². The lowest BCUT2D eigenvalue weighted by Gasteiger charge is -2.30. The van der Waals surface area contributed by atoms with E-state index in [2.05, 4.69) is 32.3 Å². The zero-order valence-electron chi connectivity index (χ0n) is 18.5. The van der Waals surface area contributed by atoms with Crippen LogP contribution in [0, 0.1) is 11.3 Å². The fraction of sp³-hybridized carbons (Fsp3) is 0.308. The predicted molar refractivity (Wildman–Crippen MR) is 123 cm³/mol. The summed E-state index contributed by atoms with van der Waals surface area (Å²) in [6, 6.07) is 15.8. The van der Waals surface area contributed by atoms with Gasteiger partial charge in [-0.05, 0) is 65.9 Å². The number of amides is 1. The fourth-order valence-electron chi connectivity index (χ4n) is 4.49. The number of nitriles is 1. The highest BCUT2D eigenvalue weighted by Gasteiger charge is 2.33. The minimum atomic E-state index is -0.747. The van der Waals surface area contributed by atoms with Gasteiger partial charge in [0.05, 0.1) is 31.5 Å². The average Bonchev–Trinajstić information content (AvgIpc) is 2.87. The summed E-state index contributed by atoms with van der Waals surface area (Å²) in [7, 11) is 0. The monoisotopic (exact) mass is 439 g/mol. The van der Waals surface area contributed by atoms with Gasteiger partial charge in [0.2, 0.25) is 0 Å². The number of nitrogens with zero attached hydrogens (tertiary/aromatic N) is 4. The number of ether oxygens (including phenoxy) is 1. The van der Waals surface area contributed by atoms with Crippen LogP contribution in [0.2, 0.25) is 0 Å². The van der Waals surface area contributed by atoms with Gasteiger partial charge in [-0.2, -0.15) is 5.26 Å². The molecule has 7 heteroatoms. The second kappa shape index (κ2) is 8.64. The van der Waals surface area contributed by atoms with Gasteiger partial charge in [-0.3, -0.25) is 9.78 Å². The van der Waals surface area contributed by atoms with Crippen molar-refractivity contribution in [2.45, 2.75) is 38.5 Å². The van der Waals surface area contributed by atoms with Gasteiger partial charge in [-0.1, -0.05) is 12.1 Å². The van der Waals surface area contributed by atoms with Crippen LogP contribution in [0.25, 0.3) is 0 Å². The molecule has 5 rings (SSSR count). The SMILES string of the molecule is C[C@@]1(C#N)COCc2ccc(C(=O)NCc3cc4c(cn3)CCN(c3ccccn3)C4)cc21. The average molecular weight is 440 g/mol. The molecule has 4 heterocycles. The zero-order chi connectivity index (χ0) is 22.8. The van der Waals surface area contributed by atoms with Gasteiger partial charge in [-0.25, -0.2) is 4.98 Å². The Morgan fingerprint density at radius 3 is 2.94 bits per heavy atom. The maximum Gasteiger partial charge on any atom is 0.251 e. The van der Waals surface area contributed by atoms with Crippen molar-refractivity contribution in [1.29, 1.82) is 5.26 Å². The number of anilines is 1. The summed E-state index contributed by atoms with van der Waals surface area (Å²) in [5.74, 6) is 0.788. The van der Waals surface area contributed by atoms with E-state index in [4.69, 9.17) is 4.74 Å². The van der Waals surface area contributed by atoms with Gasteiger partial charge in [-0.15, -0.1) is 0 Å². The maximum atomic E-state index is 12.9. The first kappa shape index (κ1) is 21.1. The van der Waals surface area contributed by atoms with Crippen LogP contribution in [0.5, 0.6) is 0 Å². The first-order valence-electron chi connectivity index (χ1n) is 11.1. The summed E-state index contributed by atoms with van der Waals surface area (Å²) >= 11 is 0. The molecule has 7 nitrogen and oxygen atoms in total. The number of aromatic nitrogens is 2. The molecule has 1 amide bonds. The molecule has 2 aromatic heterocycles. The Bertz CT molecular complexity index is 1240. The van der Waals surface area contributed by atoms with Crippen molar-refractivity contribution in [1.82, 2.24) is 15.3 Å². The molecule has 0 unspecified atom stereocenters. The third kappa shape index (κ3) is 4.18. The van der Waals surface area contributed by atoms with E-state index in [1.54, 1.807) is 6.07 Å². The molecular formula is C26H25N5O2. The van der Waals surface area contributed by atoms with Gasteiger partial charge in [0.1, 0.15) is 11.2 Å². The Kier molecular flexibility index (Phi) is 5.53. The van der Waals surface area contributed by atoms with E-state index < -0.39 is 5.41 Å². The molecule has 0 saturated heterocycles. The Hall–Kier alpha value is -3.76. The summed E-state index contributed by atoms with van der Waals surface area (Å²) in [5, 5.41) is 12.6. The molecule has 3 aromatic rings. The third-order valence-electron chi connectivity index (χ3n) is 6.42. The first-order valence-corrected chi connectivity index (χ1v) is 11.1. The van der Waals surface area contributed by atoms with E-state index in [0.29, 0.717) is 25.3 Å². The molecule has 1 N–H and O–H groups in total. The molecule has 2 aliphatic rings. The minimum Gasteiger partial charge on any atom is -0.375 e. The zero-order valence-corrected chi connectivity index (χ0v) is 18.5. The second-order valence-corrected chi connectivity index (χ2v) is 8.80. The number of hydrogen-bond acceptors (Lipinski definition) is 6. The molecule has 33 heavy (non-hydrogen) atoms. The van der Waals surface area contributed by atoms with Crippen molar-refractivity contribution in [2.24, 2.45) is 0 Å². The highest BCUT2D eigenvalue weighted by Crippen LogP contribution is 2.32. The largest absolute Gasteiger partial charge is 0.375 e. The van der Waals surface area contributed by atoms with E-state index in [1.807, 2.05) is 49.6 Å². The Balaban J connectivity index is 1.29. The van der Waals surface area contributed by atoms with Crippen LogP contribution in [0.1, 0.15) is 45.2 Å². The van der Waals surface area contributed by atoms with E-state index >= 15 is 0 Å². The lowest BCUT2D eigenvalue weighted by atomic mass is 9.79. The summed E-state index contributed by atoms with van der Waals surface area (Å²) < 4.78 is 5.55. The van der Waals surface area contributed by atoms with Gasteiger partial charge in [0.15, 0.2) is 0 Å². The van der Waals surface area contributed by atoms with Crippen LogP contribution in [0.15, 0.2) is 54.9 Å². The summed E-state index contributed by atoms with van der Waals surface area (Å²) in [6.07, 6.45) is 4.65. The highest BCUT2D eigenvalue weighted by molar-refractivity contribution is 5.94. The van der Waals surface area contributed by atoms with Gasteiger partial charge < -0.3 is 15.0 Å². The second-order valence-electron chi connectivity index (χ2n) is 8.80. The molecule has 1 aromatic carbocycles. The van der Waals surface area contributed by atoms with Crippen LogP contribution < -0.4 is 10.2 Å². The van der Waals surface area contributed by atoms with Crippen LogP contribution in [-0.4, -0.2) is 29.0 Å². The van der Waals surface area contributed by atoms with Crippen LogP contribution in [0.4, 0.5) is 5.82 Å². The molecule has 0 spiro atoms.